The van der Waals surface area contributed by atoms with Crippen molar-refractivity contribution in [2.75, 3.05) is 19.6 Å². The lowest BCUT2D eigenvalue weighted by atomic mass is 10.1. The molecule has 4 heteroatoms. The minimum Gasteiger partial charge on any atom is -0.339 e. The van der Waals surface area contributed by atoms with E-state index in [-0.39, 0.29) is 5.91 Å². The van der Waals surface area contributed by atoms with Crippen LogP contribution >= 0.6 is 0 Å². The van der Waals surface area contributed by atoms with E-state index in [1.54, 1.807) is 6.20 Å². The predicted molar refractivity (Wildman–Crippen MR) is 108 cm³/mol. The standard InChI is InChI=1S/C22H29N3O/c23-16-7-2-5-14-22(26)25(19-15-21-13-6-8-17-24-21)18-9-12-20-10-3-1-4-11-20/h1,3-4,6,8-13,17H,2,5,7,14-16,18-19,23H2/b12-9+. The van der Waals surface area contributed by atoms with Crippen LogP contribution in [0.2, 0.25) is 0 Å². The zero-order valence-corrected chi connectivity index (χ0v) is 15.4. The molecule has 0 spiro atoms. The first-order valence-electron chi connectivity index (χ1n) is 9.39. The maximum absolute atomic E-state index is 12.6. The van der Waals surface area contributed by atoms with Gasteiger partial charge in [0, 0.05) is 37.8 Å². The predicted octanol–water partition coefficient (Wildman–Crippen LogP) is 3.69. The molecule has 2 aromatic rings. The number of benzene rings is 1. The number of unbranched alkanes of at least 4 members (excludes halogenated alkanes) is 2. The lowest BCUT2D eigenvalue weighted by Crippen LogP contribution is -2.33. The third-order valence-corrected chi connectivity index (χ3v) is 4.25. The van der Waals surface area contributed by atoms with Gasteiger partial charge in [0.25, 0.3) is 0 Å². The van der Waals surface area contributed by atoms with E-state index < -0.39 is 0 Å². The van der Waals surface area contributed by atoms with Gasteiger partial charge in [-0.3, -0.25) is 9.78 Å². The van der Waals surface area contributed by atoms with Crippen LogP contribution in [0.15, 0.2) is 60.8 Å². The number of aromatic nitrogens is 1. The number of pyridine rings is 1. The lowest BCUT2D eigenvalue weighted by Gasteiger charge is -2.21. The van der Waals surface area contributed by atoms with Gasteiger partial charge in [-0.25, -0.2) is 0 Å². The van der Waals surface area contributed by atoms with Crippen molar-refractivity contribution in [3.05, 3.63) is 72.1 Å². The normalized spacial score (nSPS) is 11.0. The average molecular weight is 351 g/mol. The number of carbonyl (C=O) groups excluding carboxylic acids is 1. The minimum absolute atomic E-state index is 0.204. The van der Waals surface area contributed by atoms with Gasteiger partial charge in [0.05, 0.1) is 0 Å². The molecule has 0 saturated carbocycles. The average Bonchev–Trinajstić information content (AvgIpc) is 2.69. The molecule has 0 aliphatic heterocycles. The molecule has 0 aliphatic carbocycles. The van der Waals surface area contributed by atoms with Gasteiger partial charge >= 0.3 is 0 Å². The third-order valence-electron chi connectivity index (χ3n) is 4.25. The van der Waals surface area contributed by atoms with Gasteiger partial charge in [-0.1, -0.05) is 55.0 Å². The van der Waals surface area contributed by atoms with Crippen LogP contribution in [0.1, 0.15) is 36.9 Å². The molecule has 26 heavy (non-hydrogen) atoms. The van der Waals surface area contributed by atoms with E-state index >= 15 is 0 Å². The SMILES string of the molecule is NCCCCCC(=O)N(C/C=C/c1ccccc1)CCc1ccccn1. The van der Waals surface area contributed by atoms with E-state index in [0.717, 1.165) is 36.9 Å². The number of hydrogen-bond donors (Lipinski definition) is 1. The first-order valence-corrected chi connectivity index (χ1v) is 9.39. The Bertz CT molecular complexity index is 656. The van der Waals surface area contributed by atoms with Crippen molar-refractivity contribution >= 4 is 12.0 Å². The molecule has 138 valence electrons. The Hall–Kier alpha value is -2.46. The molecule has 1 aromatic heterocycles. The smallest absolute Gasteiger partial charge is 0.222 e. The monoisotopic (exact) mass is 351 g/mol. The molecular formula is C22H29N3O. The highest BCUT2D eigenvalue weighted by molar-refractivity contribution is 5.76. The Morgan fingerprint density at radius 3 is 2.58 bits per heavy atom. The third kappa shape index (κ3) is 7.62. The number of rotatable bonds is 11. The fourth-order valence-corrected chi connectivity index (χ4v) is 2.75. The minimum atomic E-state index is 0.204. The van der Waals surface area contributed by atoms with E-state index in [2.05, 4.69) is 29.3 Å². The highest BCUT2D eigenvalue weighted by Crippen LogP contribution is 2.07. The Balaban J connectivity index is 1.90. The number of nitrogens with zero attached hydrogens (tertiary/aromatic N) is 2. The summed E-state index contributed by atoms with van der Waals surface area (Å²) in [6.45, 7) is 2.00. The number of hydrogen-bond acceptors (Lipinski definition) is 3. The van der Waals surface area contributed by atoms with Gasteiger partial charge in [0.15, 0.2) is 0 Å². The molecule has 2 N–H and O–H groups in total. The second-order valence-corrected chi connectivity index (χ2v) is 6.32. The fourth-order valence-electron chi connectivity index (χ4n) is 2.75. The maximum atomic E-state index is 12.6. The van der Waals surface area contributed by atoms with E-state index in [1.165, 1.54) is 0 Å². The summed E-state index contributed by atoms with van der Waals surface area (Å²) >= 11 is 0. The van der Waals surface area contributed by atoms with Crippen molar-refractivity contribution in [3.8, 4) is 0 Å². The van der Waals surface area contributed by atoms with Crippen molar-refractivity contribution in [1.29, 1.82) is 0 Å². The van der Waals surface area contributed by atoms with E-state index in [9.17, 15) is 4.79 Å². The van der Waals surface area contributed by atoms with Crippen LogP contribution in [0.4, 0.5) is 0 Å². The summed E-state index contributed by atoms with van der Waals surface area (Å²) in [6, 6.07) is 16.0. The maximum Gasteiger partial charge on any atom is 0.222 e. The van der Waals surface area contributed by atoms with Crippen LogP contribution in [0, 0.1) is 0 Å². The molecule has 0 atom stereocenters. The van der Waals surface area contributed by atoms with Crippen molar-refractivity contribution in [2.24, 2.45) is 5.73 Å². The molecule has 0 aliphatic rings. The Morgan fingerprint density at radius 2 is 1.85 bits per heavy atom. The van der Waals surface area contributed by atoms with Crippen molar-refractivity contribution in [2.45, 2.75) is 32.1 Å². The zero-order valence-electron chi connectivity index (χ0n) is 15.4. The molecule has 0 saturated heterocycles. The highest BCUT2D eigenvalue weighted by atomic mass is 16.2. The van der Waals surface area contributed by atoms with E-state index in [0.29, 0.717) is 26.1 Å². The van der Waals surface area contributed by atoms with Crippen LogP contribution in [0.25, 0.3) is 6.08 Å². The molecule has 1 amide bonds. The summed E-state index contributed by atoms with van der Waals surface area (Å²) in [5.41, 5.74) is 7.69. The zero-order chi connectivity index (χ0) is 18.5. The molecular weight excluding hydrogens is 322 g/mol. The molecule has 0 unspecified atom stereocenters. The molecule has 0 bridgehead atoms. The highest BCUT2D eigenvalue weighted by Gasteiger charge is 2.12. The van der Waals surface area contributed by atoms with Crippen LogP contribution in [-0.4, -0.2) is 35.4 Å². The van der Waals surface area contributed by atoms with Gasteiger partial charge in [-0.15, -0.1) is 0 Å². The fraction of sp³-hybridized carbons (Fsp3) is 0.364. The van der Waals surface area contributed by atoms with Gasteiger partial charge in [0.1, 0.15) is 0 Å². The molecule has 0 radical (unpaired) electrons. The van der Waals surface area contributed by atoms with E-state index in [1.807, 2.05) is 41.3 Å². The number of nitrogens with two attached hydrogens (primary N) is 1. The Morgan fingerprint density at radius 1 is 1.04 bits per heavy atom. The van der Waals surface area contributed by atoms with Gasteiger partial charge < -0.3 is 10.6 Å². The van der Waals surface area contributed by atoms with Crippen molar-refractivity contribution < 1.29 is 4.79 Å². The summed E-state index contributed by atoms with van der Waals surface area (Å²) in [4.78, 5) is 18.9. The van der Waals surface area contributed by atoms with Gasteiger partial charge in [-0.05, 0) is 37.1 Å². The summed E-state index contributed by atoms with van der Waals surface area (Å²) in [7, 11) is 0. The molecule has 0 fully saturated rings. The van der Waals surface area contributed by atoms with E-state index in [4.69, 9.17) is 5.73 Å². The Labute approximate surface area is 156 Å². The summed E-state index contributed by atoms with van der Waals surface area (Å²) in [5.74, 6) is 0.204. The largest absolute Gasteiger partial charge is 0.339 e. The van der Waals surface area contributed by atoms with Crippen LogP contribution in [-0.2, 0) is 11.2 Å². The second kappa shape index (κ2) is 12.0. The summed E-state index contributed by atoms with van der Waals surface area (Å²) in [5, 5.41) is 0. The second-order valence-electron chi connectivity index (χ2n) is 6.32. The quantitative estimate of drug-likeness (QED) is 0.628. The first-order chi connectivity index (χ1) is 12.8. The van der Waals surface area contributed by atoms with Crippen LogP contribution in [0.5, 0.6) is 0 Å². The van der Waals surface area contributed by atoms with Crippen molar-refractivity contribution in [1.82, 2.24) is 9.88 Å². The van der Waals surface area contributed by atoms with Gasteiger partial charge in [-0.2, -0.15) is 0 Å². The van der Waals surface area contributed by atoms with Gasteiger partial charge in [0.2, 0.25) is 5.91 Å². The molecule has 2 rings (SSSR count). The molecule has 1 aromatic carbocycles. The number of amides is 1. The molecule has 4 nitrogen and oxygen atoms in total. The topological polar surface area (TPSA) is 59.2 Å². The number of carbonyl (C=O) groups is 1. The summed E-state index contributed by atoms with van der Waals surface area (Å²) < 4.78 is 0. The molecule has 1 heterocycles. The van der Waals surface area contributed by atoms with Crippen LogP contribution < -0.4 is 5.73 Å². The van der Waals surface area contributed by atoms with Crippen LogP contribution in [0.3, 0.4) is 0 Å². The Kier molecular flexibility index (Phi) is 9.15. The van der Waals surface area contributed by atoms with Crippen molar-refractivity contribution in [3.63, 3.8) is 0 Å². The summed E-state index contributed by atoms with van der Waals surface area (Å²) in [6.07, 6.45) is 10.2. The lowest BCUT2D eigenvalue weighted by molar-refractivity contribution is -0.130. The first kappa shape index (κ1) is 19.9.